The van der Waals surface area contributed by atoms with Gasteiger partial charge in [0.1, 0.15) is 5.75 Å². The van der Waals surface area contributed by atoms with Crippen LogP contribution in [0.1, 0.15) is 44.7 Å². The monoisotopic (exact) mass is 263 g/mol. The van der Waals surface area contributed by atoms with Crippen LogP contribution in [0, 0.1) is 0 Å². The number of rotatable bonds is 4. The van der Waals surface area contributed by atoms with Crippen LogP contribution in [0.15, 0.2) is 18.2 Å². The molecule has 2 atom stereocenters. The van der Waals surface area contributed by atoms with Crippen molar-refractivity contribution in [1.29, 1.82) is 0 Å². The summed E-state index contributed by atoms with van der Waals surface area (Å²) in [4.78, 5) is 0. The average Bonchev–Trinajstić information content (AvgIpc) is 2.41. The molecule has 19 heavy (non-hydrogen) atoms. The van der Waals surface area contributed by atoms with Crippen LogP contribution in [0.3, 0.4) is 0 Å². The van der Waals surface area contributed by atoms with Crippen molar-refractivity contribution in [3.8, 4) is 5.75 Å². The Morgan fingerprint density at radius 1 is 1.32 bits per heavy atom. The van der Waals surface area contributed by atoms with Gasteiger partial charge in [-0.1, -0.05) is 19.9 Å². The van der Waals surface area contributed by atoms with E-state index in [4.69, 9.17) is 10.5 Å². The summed E-state index contributed by atoms with van der Waals surface area (Å²) >= 11 is 0. The van der Waals surface area contributed by atoms with Gasteiger partial charge < -0.3 is 15.6 Å². The van der Waals surface area contributed by atoms with E-state index in [1.165, 1.54) is 11.1 Å². The molecule has 1 aliphatic rings. The molecule has 3 heteroatoms. The third-order valence-corrected chi connectivity index (χ3v) is 4.73. The van der Waals surface area contributed by atoms with Crippen LogP contribution >= 0.6 is 0 Å². The lowest BCUT2D eigenvalue weighted by Gasteiger charge is -2.47. The van der Waals surface area contributed by atoms with Crippen LogP contribution in [0.5, 0.6) is 5.75 Å². The molecule has 0 aliphatic heterocycles. The first-order valence-corrected chi connectivity index (χ1v) is 7.28. The molecular weight excluding hydrogens is 238 g/mol. The first-order valence-electron chi connectivity index (χ1n) is 7.28. The number of hydrogen-bond acceptors (Lipinski definition) is 3. The van der Waals surface area contributed by atoms with Gasteiger partial charge in [-0.15, -0.1) is 0 Å². The summed E-state index contributed by atoms with van der Waals surface area (Å²) in [5.41, 5.74) is 8.91. The van der Waals surface area contributed by atoms with E-state index in [9.17, 15) is 5.11 Å². The van der Waals surface area contributed by atoms with E-state index in [1.54, 1.807) is 6.07 Å². The Morgan fingerprint density at radius 3 is 2.58 bits per heavy atom. The summed E-state index contributed by atoms with van der Waals surface area (Å²) in [6, 6.07) is 5.65. The van der Waals surface area contributed by atoms with Gasteiger partial charge in [0.15, 0.2) is 0 Å². The maximum Gasteiger partial charge on any atom is 0.115 e. The number of phenolic OH excluding ortho intramolecular Hbond substituents is 1. The van der Waals surface area contributed by atoms with Gasteiger partial charge in [0.05, 0.1) is 6.10 Å². The molecule has 1 aromatic rings. The number of ether oxygens (including phenoxy) is 1. The molecule has 0 saturated carbocycles. The van der Waals surface area contributed by atoms with E-state index < -0.39 is 0 Å². The van der Waals surface area contributed by atoms with Crippen molar-refractivity contribution in [2.24, 2.45) is 5.73 Å². The normalized spacial score (nSPS) is 25.1. The Balaban J connectivity index is 2.53. The van der Waals surface area contributed by atoms with Gasteiger partial charge in [-0.25, -0.2) is 0 Å². The molecule has 0 spiro atoms. The van der Waals surface area contributed by atoms with E-state index in [1.807, 2.05) is 19.1 Å². The second-order valence-electron chi connectivity index (χ2n) is 5.43. The Morgan fingerprint density at radius 2 is 2.00 bits per heavy atom. The first-order chi connectivity index (χ1) is 9.08. The van der Waals surface area contributed by atoms with Crippen molar-refractivity contribution in [1.82, 2.24) is 0 Å². The summed E-state index contributed by atoms with van der Waals surface area (Å²) in [5, 5.41) is 9.79. The Bertz CT molecular complexity index is 440. The molecule has 1 aromatic carbocycles. The lowest BCUT2D eigenvalue weighted by molar-refractivity contribution is 0.0119. The molecule has 0 unspecified atom stereocenters. The smallest absolute Gasteiger partial charge is 0.115 e. The van der Waals surface area contributed by atoms with Crippen molar-refractivity contribution in [3.63, 3.8) is 0 Å². The van der Waals surface area contributed by atoms with E-state index in [-0.39, 0.29) is 17.6 Å². The highest BCUT2D eigenvalue weighted by Crippen LogP contribution is 2.43. The standard InChI is InChI=1S/C16H25NO2/c1-4-16(5-2)13-10-12(18)8-7-11(13)9-14(15(16)17)19-6-3/h7-8,10,14-15,18H,4-6,9,17H2,1-3H3/t14-,15+/m0/s1. The summed E-state index contributed by atoms with van der Waals surface area (Å²) in [7, 11) is 0. The van der Waals surface area contributed by atoms with Crippen LogP contribution < -0.4 is 5.73 Å². The highest BCUT2D eigenvalue weighted by Gasteiger charge is 2.45. The quantitative estimate of drug-likeness (QED) is 0.878. The van der Waals surface area contributed by atoms with E-state index in [2.05, 4.69) is 13.8 Å². The predicted octanol–water partition coefficient (Wildman–Crippen LogP) is 2.74. The van der Waals surface area contributed by atoms with Crippen molar-refractivity contribution in [3.05, 3.63) is 29.3 Å². The highest BCUT2D eigenvalue weighted by atomic mass is 16.5. The van der Waals surface area contributed by atoms with E-state index >= 15 is 0 Å². The third kappa shape index (κ3) is 2.26. The summed E-state index contributed by atoms with van der Waals surface area (Å²) in [5.74, 6) is 0.326. The molecule has 3 nitrogen and oxygen atoms in total. The molecule has 0 amide bonds. The Kier molecular flexibility index (Phi) is 4.16. The van der Waals surface area contributed by atoms with Gasteiger partial charge in [0.2, 0.25) is 0 Å². The van der Waals surface area contributed by atoms with Crippen LogP contribution in [-0.2, 0) is 16.6 Å². The fraction of sp³-hybridized carbons (Fsp3) is 0.625. The fourth-order valence-electron chi connectivity index (χ4n) is 3.56. The number of fused-ring (bicyclic) bond motifs is 1. The molecule has 0 saturated heterocycles. The first kappa shape index (κ1) is 14.4. The molecule has 2 rings (SSSR count). The minimum absolute atomic E-state index is 0.0169. The van der Waals surface area contributed by atoms with Crippen molar-refractivity contribution in [2.75, 3.05) is 6.61 Å². The van der Waals surface area contributed by atoms with Gasteiger partial charge in [0.25, 0.3) is 0 Å². The predicted molar refractivity (Wildman–Crippen MR) is 77.5 cm³/mol. The highest BCUT2D eigenvalue weighted by molar-refractivity contribution is 5.44. The number of benzene rings is 1. The molecule has 3 N–H and O–H groups in total. The molecule has 1 aliphatic carbocycles. The zero-order valence-electron chi connectivity index (χ0n) is 12.1. The summed E-state index contributed by atoms with van der Waals surface area (Å²) in [6.07, 6.45) is 2.84. The van der Waals surface area contributed by atoms with Crippen molar-refractivity contribution >= 4 is 0 Å². The van der Waals surface area contributed by atoms with Crippen LogP contribution in [0.25, 0.3) is 0 Å². The van der Waals surface area contributed by atoms with Gasteiger partial charge >= 0.3 is 0 Å². The summed E-state index contributed by atoms with van der Waals surface area (Å²) < 4.78 is 5.85. The Hall–Kier alpha value is -1.06. The van der Waals surface area contributed by atoms with Crippen LogP contribution in [0.4, 0.5) is 0 Å². The second kappa shape index (κ2) is 5.51. The molecule has 106 valence electrons. The van der Waals surface area contributed by atoms with Crippen LogP contribution in [-0.4, -0.2) is 23.9 Å². The van der Waals surface area contributed by atoms with Crippen molar-refractivity contribution in [2.45, 2.75) is 57.6 Å². The van der Waals surface area contributed by atoms with Gasteiger partial charge in [-0.05, 0) is 43.0 Å². The van der Waals surface area contributed by atoms with E-state index in [0.717, 1.165) is 19.3 Å². The van der Waals surface area contributed by atoms with E-state index in [0.29, 0.717) is 12.4 Å². The molecule has 0 heterocycles. The lowest BCUT2D eigenvalue weighted by atomic mass is 9.63. The van der Waals surface area contributed by atoms with Gasteiger partial charge in [0, 0.05) is 24.5 Å². The molecule has 0 aromatic heterocycles. The van der Waals surface area contributed by atoms with Crippen molar-refractivity contribution < 1.29 is 9.84 Å². The zero-order valence-corrected chi connectivity index (χ0v) is 12.1. The number of nitrogens with two attached hydrogens (primary N) is 1. The Labute approximate surface area is 115 Å². The zero-order chi connectivity index (χ0) is 14.0. The average molecular weight is 263 g/mol. The minimum atomic E-state index is -0.0911. The number of phenols is 1. The van der Waals surface area contributed by atoms with Gasteiger partial charge in [-0.2, -0.15) is 0 Å². The number of hydrogen-bond donors (Lipinski definition) is 2. The molecule has 0 fully saturated rings. The topological polar surface area (TPSA) is 55.5 Å². The molecule has 0 bridgehead atoms. The fourth-order valence-corrected chi connectivity index (χ4v) is 3.56. The molecule has 0 radical (unpaired) electrons. The second-order valence-corrected chi connectivity index (χ2v) is 5.43. The maximum atomic E-state index is 9.79. The van der Waals surface area contributed by atoms with Gasteiger partial charge in [-0.3, -0.25) is 0 Å². The number of aromatic hydroxyl groups is 1. The lowest BCUT2D eigenvalue weighted by Crippen LogP contribution is -2.56. The molecular formula is C16H25NO2. The third-order valence-electron chi connectivity index (χ3n) is 4.73. The SMILES string of the molecule is CCO[C@H]1Cc2ccc(O)cc2C(CC)(CC)[C@@H]1N. The van der Waals surface area contributed by atoms with Crippen LogP contribution in [0.2, 0.25) is 0 Å². The maximum absolute atomic E-state index is 9.79. The summed E-state index contributed by atoms with van der Waals surface area (Å²) in [6.45, 7) is 7.05. The largest absolute Gasteiger partial charge is 0.508 e. The minimum Gasteiger partial charge on any atom is -0.508 e.